The Kier molecular flexibility index (Phi) is 4.88. The Morgan fingerprint density at radius 2 is 1.90 bits per heavy atom. The van der Waals surface area contributed by atoms with Gasteiger partial charge >= 0.3 is 5.97 Å². The molecule has 0 N–H and O–H groups in total. The number of aryl methyl sites for hydroxylation is 1. The molecule has 2 rings (SSSR count). The molecule has 2 heterocycles. The molecular formula is C15H21N3O3. The maximum absolute atomic E-state index is 12.1. The second-order valence-electron chi connectivity index (χ2n) is 5.86. The van der Waals surface area contributed by atoms with E-state index in [1.165, 1.54) is 12.4 Å². The van der Waals surface area contributed by atoms with Gasteiger partial charge in [0.15, 0.2) is 12.3 Å². The molecule has 1 saturated heterocycles. The summed E-state index contributed by atoms with van der Waals surface area (Å²) in [5.74, 6) is 0.198. The zero-order valence-electron chi connectivity index (χ0n) is 12.7. The summed E-state index contributed by atoms with van der Waals surface area (Å²) in [6.45, 7) is 7.25. The third-order valence-electron chi connectivity index (χ3n) is 3.54. The van der Waals surface area contributed by atoms with Crippen LogP contribution in [0.1, 0.15) is 36.5 Å². The number of nitrogens with zero attached hydrogens (tertiary/aromatic N) is 3. The molecule has 114 valence electrons. The fraction of sp³-hybridized carbons (Fsp3) is 0.600. The van der Waals surface area contributed by atoms with Crippen LogP contribution >= 0.6 is 0 Å². The molecule has 0 bridgehead atoms. The molecule has 1 aromatic heterocycles. The topological polar surface area (TPSA) is 72.4 Å². The molecule has 2 atom stereocenters. The van der Waals surface area contributed by atoms with Crippen molar-refractivity contribution in [2.75, 3.05) is 19.7 Å². The summed E-state index contributed by atoms with van der Waals surface area (Å²) >= 11 is 0. The molecule has 1 amide bonds. The summed E-state index contributed by atoms with van der Waals surface area (Å²) in [5, 5.41) is 0. The smallest absolute Gasteiger partial charge is 0.359 e. The molecule has 0 aromatic carbocycles. The number of carbonyl (C=O) groups excluding carboxylic acids is 2. The van der Waals surface area contributed by atoms with E-state index in [4.69, 9.17) is 4.74 Å². The molecule has 6 heteroatoms. The lowest BCUT2D eigenvalue weighted by atomic mass is 9.92. The van der Waals surface area contributed by atoms with Crippen molar-refractivity contribution in [3.63, 3.8) is 0 Å². The second kappa shape index (κ2) is 6.65. The van der Waals surface area contributed by atoms with Crippen molar-refractivity contribution in [2.24, 2.45) is 11.8 Å². The van der Waals surface area contributed by atoms with E-state index in [0.29, 0.717) is 11.8 Å². The minimum Gasteiger partial charge on any atom is -0.451 e. The Balaban J connectivity index is 1.86. The summed E-state index contributed by atoms with van der Waals surface area (Å²) in [6, 6.07) is 0. The van der Waals surface area contributed by atoms with Gasteiger partial charge in [-0.2, -0.15) is 0 Å². The van der Waals surface area contributed by atoms with Gasteiger partial charge in [-0.3, -0.25) is 9.78 Å². The van der Waals surface area contributed by atoms with Gasteiger partial charge in [0.1, 0.15) is 0 Å². The van der Waals surface area contributed by atoms with Crippen molar-refractivity contribution >= 4 is 11.9 Å². The number of esters is 1. The van der Waals surface area contributed by atoms with Crippen LogP contribution in [0, 0.1) is 18.8 Å². The predicted octanol–water partition coefficient (Wildman–Crippen LogP) is 1.45. The maximum atomic E-state index is 12.1. The monoisotopic (exact) mass is 291 g/mol. The lowest BCUT2D eigenvalue weighted by Gasteiger charge is -2.34. The Morgan fingerprint density at radius 1 is 1.24 bits per heavy atom. The number of hydrogen-bond donors (Lipinski definition) is 0. The van der Waals surface area contributed by atoms with E-state index in [2.05, 4.69) is 23.8 Å². The third kappa shape index (κ3) is 4.24. The summed E-state index contributed by atoms with van der Waals surface area (Å²) in [4.78, 5) is 33.5. The predicted molar refractivity (Wildman–Crippen MR) is 76.6 cm³/mol. The van der Waals surface area contributed by atoms with Gasteiger partial charge in [-0.15, -0.1) is 0 Å². The number of rotatable bonds is 3. The molecule has 0 unspecified atom stereocenters. The largest absolute Gasteiger partial charge is 0.451 e. The van der Waals surface area contributed by atoms with Gasteiger partial charge in [0.25, 0.3) is 5.91 Å². The Hall–Kier alpha value is -1.98. The fourth-order valence-electron chi connectivity index (χ4n) is 2.66. The number of likely N-dealkylation sites (tertiary alicyclic amines) is 1. The highest BCUT2D eigenvalue weighted by atomic mass is 16.5. The van der Waals surface area contributed by atoms with Gasteiger partial charge in [-0.1, -0.05) is 13.8 Å². The van der Waals surface area contributed by atoms with Crippen LogP contribution in [0.25, 0.3) is 0 Å². The number of ether oxygens (including phenoxy) is 1. The Bertz CT molecular complexity index is 505. The van der Waals surface area contributed by atoms with Crippen LogP contribution in [-0.4, -0.2) is 46.4 Å². The van der Waals surface area contributed by atoms with E-state index >= 15 is 0 Å². The van der Waals surface area contributed by atoms with Crippen LogP contribution in [0.5, 0.6) is 0 Å². The first-order valence-electron chi connectivity index (χ1n) is 7.19. The zero-order valence-corrected chi connectivity index (χ0v) is 12.7. The molecular weight excluding hydrogens is 270 g/mol. The summed E-state index contributed by atoms with van der Waals surface area (Å²) in [5.41, 5.74) is 0.840. The van der Waals surface area contributed by atoms with Gasteiger partial charge in [0.05, 0.1) is 11.9 Å². The quantitative estimate of drug-likeness (QED) is 0.788. The van der Waals surface area contributed by atoms with Gasteiger partial charge < -0.3 is 9.64 Å². The lowest BCUT2D eigenvalue weighted by molar-refractivity contribution is -0.137. The van der Waals surface area contributed by atoms with Gasteiger partial charge in [-0.25, -0.2) is 9.78 Å². The average molecular weight is 291 g/mol. The number of hydrogen-bond acceptors (Lipinski definition) is 5. The first kappa shape index (κ1) is 15.4. The summed E-state index contributed by atoms with van der Waals surface area (Å²) < 4.78 is 5.02. The minimum atomic E-state index is -0.617. The van der Waals surface area contributed by atoms with Crippen LogP contribution in [-0.2, 0) is 9.53 Å². The van der Waals surface area contributed by atoms with E-state index in [-0.39, 0.29) is 18.2 Å². The van der Waals surface area contributed by atoms with Crippen molar-refractivity contribution in [1.29, 1.82) is 0 Å². The van der Waals surface area contributed by atoms with E-state index < -0.39 is 5.97 Å². The Labute approximate surface area is 124 Å². The fourth-order valence-corrected chi connectivity index (χ4v) is 2.66. The van der Waals surface area contributed by atoms with Crippen LogP contribution < -0.4 is 0 Å². The van der Waals surface area contributed by atoms with E-state index in [1.54, 1.807) is 11.8 Å². The number of piperidine rings is 1. The molecule has 1 aliphatic rings. The summed E-state index contributed by atoms with van der Waals surface area (Å²) in [7, 11) is 0. The standard InChI is InChI=1S/C15H21N3O3/c1-10-4-11(2)8-18(7-10)14(19)9-21-15(20)13-6-16-12(3)5-17-13/h5-6,10-11H,4,7-9H2,1-3H3/t10-,11-/m1/s1. The van der Waals surface area contributed by atoms with Crippen molar-refractivity contribution in [1.82, 2.24) is 14.9 Å². The van der Waals surface area contributed by atoms with Crippen LogP contribution in [0.15, 0.2) is 12.4 Å². The first-order chi connectivity index (χ1) is 9.95. The van der Waals surface area contributed by atoms with Gasteiger partial charge in [-0.05, 0) is 25.2 Å². The highest BCUT2D eigenvalue weighted by molar-refractivity contribution is 5.89. The minimum absolute atomic E-state index is 0.119. The normalized spacial score (nSPS) is 22.0. The average Bonchev–Trinajstić information content (AvgIpc) is 2.44. The van der Waals surface area contributed by atoms with Crippen LogP contribution in [0.4, 0.5) is 0 Å². The molecule has 0 aliphatic carbocycles. The maximum Gasteiger partial charge on any atom is 0.359 e. The van der Waals surface area contributed by atoms with Crippen molar-refractivity contribution < 1.29 is 14.3 Å². The van der Waals surface area contributed by atoms with E-state index in [1.807, 2.05) is 0 Å². The molecule has 1 fully saturated rings. The highest BCUT2D eigenvalue weighted by Gasteiger charge is 2.26. The lowest BCUT2D eigenvalue weighted by Crippen LogP contribution is -2.44. The van der Waals surface area contributed by atoms with Gasteiger partial charge in [0, 0.05) is 19.3 Å². The molecule has 0 saturated carbocycles. The molecule has 6 nitrogen and oxygen atoms in total. The van der Waals surface area contributed by atoms with E-state index in [0.717, 1.165) is 25.2 Å². The molecule has 0 spiro atoms. The van der Waals surface area contributed by atoms with Gasteiger partial charge in [0.2, 0.25) is 0 Å². The Morgan fingerprint density at radius 3 is 2.48 bits per heavy atom. The molecule has 1 aliphatic heterocycles. The van der Waals surface area contributed by atoms with Crippen LogP contribution in [0.2, 0.25) is 0 Å². The number of carbonyl (C=O) groups is 2. The molecule has 1 aromatic rings. The van der Waals surface area contributed by atoms with Crippen LogP contribution in [0.3, 0.4) is 0 Å². The molecule has 0 radical (unpaired) electrons. The van der Waals surface area contributed by atoms with Crippen molar-refractivity contribution in [3.05, 3.63) is 23.8 Å². The number of aromatic nitrogens is 2. The van der Waals surface area contributed by atoms with E-state index in [9.17, 15) is 9.59 Å². The summed E-state index contributed by atoms with van der Waals surface area (Å²) in [6.07, 6.45) is 3.97. The highest BCUT2D eigenvalue weighted by Crippen LogP contribution is 2.20. The van der Waals surface area contributed by atoms with Crippen molar-refractivity contribution in [2.45, 2.75) is 27.2 Å². The molecule has 21 heavy (non-hydrogen) atoms. The first-order valence-corrected chi connectivity index (χ1v) is 7.19. The number of amides is 1. The second-order valence-corrected chi connectivity index (χ2v) is 5.86. The SMILES string of the molecule is Cc1cnc(C(=O)OCC(=O)N2C[C@H](C)C[C@@H](C)C2)cn1. The third-order valence-corrected chi connectivity index (χ3v) is 3.54. The van der Waals surface area contributed by atoms with Crippen molar-refractivity contribution in [3.8, 4) is 0 Å². The zero-order chi connectivity index (χ0) is 15.4.